The van der Waals surface area contributed by atoms with Gasteiger partial charge in [0.2, 0.25) is 0 Å². The average Bonchev–Trinajstić information content (AvgIpc) is 3.07. The zero-order chi connectivity index (χ0) is 19.7. The van der Waals surface area contributed by atoms with Crippen LogP contribution in [-0.2, 0) is 11.8 Å². The van der Waals surface area contributed by atoms with Crippen LogP contribution in [0.2, 0.25) is 0 Å². The molecule has 0 aliphatic rings. The van der Waals surface area contributed by atoms with Crippen molar-refractivity contribution in [2.24, 2.45) is 7.05 Å². The maximum atomic E-state index is 12.7. The van der Waals surface area contributed by atoms with E-state index >= 15 is 0 Å². The molecule has 1 amide bonds. The summed E-state index contributed by atoms with van der Waals surface area (Å²) in [6.45, 7) is -0.437. The highest BCUT2D eigenvalue weighted by Gasteiger charge is 2.13. The van der Waals surface area contributed by atoms with E-state index < -0.39 is 12.6 Å². The van der Waals surface area contributed by atoms with Gasteiger partial charge < -0.3 is 15.2 Å². The molecule has 0 radical (unpaired) electrons. The Morgan fingerprint density at radius 2 is 1.89 bits per heavy atom. The molecule has 28 heavy (non-hydrogen) atoms. The number of fused-ring (bicyclic) bond motifs is 2. The highest BCUT2D eigenvalue weighted by Crippen LogP contribution is 2.32. The van der Waals surface area contributed by atoms with Gasteiger partial charge in [-0.1, -0.05) is 29.5 Å². The Kier molecular flexibility index (Phi) is 4.36. The van der Waals surface area contributed by atoms with E-state index in [1.165, 1.54) is 0 Å². The predicted molar refractivity (Wildman–Crippen MR) is 104 cm³/mol. The smallest absolute Gasteiger partial charge is 0.341 e. The summed E-state index contributed by atoms with van der Waals surface area (Å²) < 4.78 is 6.99. The Morgan fingerprint density at radius 1 is 1.11 bits per heavy atom. The van der Waals surface area contributed by atoms with E-state index in [0.29, 0.717) is 27.9 Å². The number of carboxylic acids is 1. The topological polar surface area (TPSA) is 106 Å². The number of nitrogens with zero attached hydrogens (tertiary/aromatic N) is 3. The first-order valence-electron chi connectivity index (χ1n) is 8.50. The number of nitrogens with one attached hydrogen (secondary N) is 1. The number of benzene rings is 3. The number of amides is 1. The van der Waals surface area contributed by atoms with Crippen LogP contribution in [0.15, 0.2) is 54.6 Å². The Hall–Kier alpha value is -3.94. The Balaban J connectivity index is 1.66. The molecular weight excluding hydrogens is 360 g/mol. The second kappa shape index (κ2) is 6.99. The molecule has 0 unspecified atom stereocenters. The van der Waals surface area contributed by atoms with Crippen molar-refractivity contribution in [1.29, 1.82) is 0 Å². The third-order valence-corrected chi connectivity index (χ3v) is 4.36. The summed E-state index contributed by atoms with van der Waals surface area (Å²) in [5.74, 6) is -0.894. The molecule has 1 aromatic heterocycles. The van der Waals surface area contributed by atoms with Crippen LogP contribution in [0.5, 0.6) is 5.75 Å². The fraction of sp³-hybridized carbons (Fsp3) is 0.100. The molecule has 0 saturated heterocycles. The van der Waals surface area contributed by atoms with Crippen LogP contribution >= 0.6 is 0 Å². The number of ether oxygens (including phenoxy) is 1. The number of aromatic nitrogens is 3. The minimum atomic E-state index is -1.05. The van der Waals surface area contributed by atoms with Crippen molar-refractivity contribution in [2.45, 2.75) is 0 Å². The first kappa shape index (κ1) is 17.5. The first-order valence-corrected chi connectivity index (χ1v) is 8.50. The number of hydrogen-bond donors (Lipinski definition) is 2. The lowest BCUT2D eigenvalue weighted by atomic mass is 10.1. The van der Waals surface area contributed by atoms with Gasteiger partial charge in [-0.05, 0) is 30.3 Å². The van der Waals surface area contributed by atoms with E-state index in [0.717, 1.165) is 10.9 Å². The van der Waals surface area contributed by atoms with Crippen molar-refractivity contribution in [1.82, 2.24) is 15.0 Å². The summed E-state index contributed by atoms with van der Waals surface area (Å²) >= 11 is 0. The van der Waals surface area contributed by atoms with Crippen molar-refractivity contribution in [3.8, 4) is 5.75 Å². The van der Waals surface area contributed by atoms with Crippen LogP contribution in [0.3, 0.4) is 0 Å². The van der Waals surface area contributed by atoms with Gasteiger partial charge in [-0.25, -0.2) is 9.48 Å². The first-order chi connectivity index (χ1) is 13.5. The summed E-state index contributed by atoms with van der Waals surface area (Å²) in [6.07, 6.45) is 0. The largest absolute Gasteiger partial charge is 0.481 e. The predicted octanol–water partition coefficient (Wildman–Crippen LogP) is 2.84. The van der Waals surface area contributed by atoms with Crippen LogP contribution in [0.1, 0.15) is 10.4 Å². The third-order valence-electron chi connectivity index (χ3n) is 4.36. The number of carboxylic acid groups (broad SMARTS) is 1. The molecule has 4 rings (SSSR count). The average molecular weight is 376 g/mol. The normalized spacial score (nSPS) is 10.9. The van der Waals surface area contributed by atoms with Crippen molar-refractivity contribution < 1.29 is 19.4 Å². The minimum Gasteiger partial charge on any atom is -0.481 e. The third kappa shape index (κ3) is 3.23. The lowest BCUT2D eigenvalue weighted by Gasteiger charge is -2.12. The fourth-order valence-electron chi connectivity index (χ4n) is 3.02. The van der Waals surface area contributed by atoms with Crippen LogP contribution in [0.25, 0.3) is 21.8 Å². The molecule has 0 atom stereocenters. The molecular formula is C20H16N4O4. The highest BCUT2D eigenvalue weighted by molar-refractivity contribution is 6.11. The summed E-state index contributed by atoms with van der Waals surface area (Å²) in [7, 11) is 1.79. The van der Waals surface area contributed by atoms with Crippen molar-refractivity contribution in [3.05, 3.63) is 60.2 Å². The summed E-state index contributed by atoms with van der Waals surface area (Å²) in [5, 5.41) is 21.2. The van der Waals surface area contributed by atoms with Gasteiger partial charge in [-0.15, -0.1) is 5.10 Å². The molecule has 2 N–H and O–H groups in total. The van der Waals surface area contributed by atoms with Crippen LogP contribution in [-0.4, -0.2) is 38.6 Å². The zero-order valence-electron chi connectivity index (χ0n) is 14.9. The van der Waals surface area contributed by atoms with Crippen LogP contribution in [0, 0.1) is 0 Å². The number of carbonyl (C=O) groups is 2. The van der Waals surface area contributed by atoms with Crippen molar-refractivity contribution in [2.75, 3.05) is 11.9 Å². The van der Waals surface area contributed by atoms with Crippen molar-refractivity contribution >= 4 is 39.4 Å². The quantitative estimate of drug-likeness (QED) is 0.555. The Labute approximate surface area is 159 Å². The molecule has 8 heteroatoms. The lowest BCUT2D eigenvalue weighted by Crippen LogP contribution is -2.13. The van der Waals surface area contributed by atoms with Gasteiger partial charge in [-0.3, -0.25) is 4.79 Å². The van der Waals surface area contributed by atoms with Crippen LogP contribution < -0.4 is 10.1 Å². The van der Waals surface area contributed by atoms with Gasteiger partial charge in [0.05, 0.1) is 5.52 Å². The molecule has 4 aromatic rings. The summed E-state index contributed by atoms with van der Waals surface area (Å²) in [4.78, 5) is 23.5. The molecule has 1 heterocycles. The van der Waals surface area contributed by atoms with Crippen LogP contribution in [0.4, 0.5) is 5.69 Å². The number of aryl methyl sites for hydroxylation is 1. The second-order valence-corrected chi connectivity index (χ2v) is 6.21. The number of rotatable bonds is 5. The van der Waals surface area contributed by atoms with E-state index in [1.807, 2.05) is 24.3 Å². The SMILES string of the molecule is Cn1nnc2cc(C(=O)Nc3ccc(OCC(=O)O)c4ccccc34)ccc21. The number of carbonyl (C=O) groups excluding carboxylic acids is 1. The molecule has 0 aliphatic carbocycles. The second-order valence-electron chi connectivity index (χ2n) is 6.21. The van der Waals surface area contributed by atoms with Gasteiger partial charge in [0.1, 0.15) is 11.3 Å². The minimum absolute atomic E-state index is 0.281. The van der Waals surface area contributed by atoms with E-state index in [4.69, 9.17) is 9.84 Å². The highest BCUT2D eigenvalue weighted by atomic mass is 16.5. The zero-order valence-corrected chi connectivity index (χ0v) is 14.9. The monoisotopic (exact) mass is 376 g/mol. The van der Waals surface area contributed by atoms with Gasteiger partial charge in [0, 0.05) is 29.1 Å². The Morgan fingerprint density at radius 3 is 2.68 bits per heavy atom. The Bertz CT molecular complexity index is 1220. The number of aliphatic carboxylic acids is 1. The van der Waals surface area contributed by atoms with Gasteiger partial charge in [0.15, 0.2) is 6.61 Å². The maximum Gasteiger partial charge on any atom is 0.341 e. The molecule has 0 spiro atoms. The van der Waals surface area contributed by atoms with E-state index in [1.54, 1.807) is 42.1 Å². The summed E-state index contributed by atoms with van der Waals surface area (Å²) in [5.41, 5.74) is 2.53. The van der Waals surface area contributed by atoms with Gasteiger partial charge in [-0.2, -0.15) is 0 Å². The lowest BCUT2D eigenvalue weighted by molar-refractivity contribution is -0.139. The molecule has 8 nitrogen and oxygen atoms in total. The molecule has 0 fully saturated rings. The van der Waals surface area contributed by atoms with Gasteiger partial charge >= 0.3 is 5.97 Å². The van der Waals surface area contributed by atoms with E-state index in [-0.39, 0.29) is 5.91 Å². The number of hydrogen-bond acceptors (Lipinski definition) is 5. The molecule has 0 saturated carbocycles. The van der Waals surface area contributed by atoms with E-state index in [9.17, 15) is 9.59 Å². The van der Waals surface area contributed by atoms with Crippen molar-refractivity contribution in [3.63, 3.8) is 0 Å². The molecule has 0 bridgehead atoms. The molecule has 0 aliphatic heterocycles. The van der Waals surface area contributed by atoms with Gasteiger partial charge in [0.25, 0.3) is 5.91 Å². The maximum absolute atomic E-state index is 12.7. The standard InChI is InChI=1S/C20H16N4O4/c1-24-17-8-6-12(10-16(17)22-23-24)20(27)21-15-7-9-18(28-11-19(25)26)14-5-3-2-4-13(14)15/h2-10H,11H2,1H3,(H,21,27)(H,25,26). The number of anilines is 1. The fourth-order valence-corrected chi connectivity index (χ4v) is 3.02. The van der Waals surface area contributed by atoms with E-state index in [2.05, 4.69) is 15.6 Å². The summed E-state index contributed by atoms with van der Waals surface area (Å²) in [6, 6.07) is 15.8. The molecule has 3 aromatic carbocycles. The molecule has 140 valence electrons.